The zero-order valence-electron chi connectivity index (χ0n) is 10.7. The Morgan fingerprint density at radius 3 is 2.89 bits per heavy atom. The first-order valence-corrected chi connectivity index (χ1v) is 7.03. The van der Waals surface area contributed by atoms with Gasteiger partial charge in [0.15, 0.2) is 0 Å². The molecule has 0 radical (unpaired) electrons. The van der Waals surface area contributed by atoms with Crippen molar-refractivity contribution < 1.29 is 15.0 Å². The van der Waals surface area contributed by atoms with Crippen LogP contribution in [0.5, 0.6) is 0 Å². The number of hydrogen-bond acceptors (Lipinski definition) is 4. The SMILES string of the molecule is CC(=O)NCCC(O)C(O)c1ccc2ccsc2c1. The number of benzene rings is 1. The molecule has 2 rings (SSSR count). The molecule has 0 saturated heterocycles. The molecule has 0 saturated carbocycles. The Morgan fingerprint density at radius 2 is 2.16 bits per heavy atom. The number of carbonyl (C=O) groups excluding carboxylic acids is 1. The summed E-state index contributed by atoms with van der Waals surface area (Å²) in [6.07, 6.45) is -1.49. The highest BCUT2D eigenvalue weighted by Crippen LogP contribution is 2.26. The molecule has 2 aromatic rings. The smallest absolute Gasteiger partial charge is 0.216 e. The van der Waals surface area contributed by atoms with Gasteiger partial charge >= 0.3 is 0 Å². The Balaban J connectivity index is 2.01. The Kier molecular flexibility index (Phi) is 4.52. The van der Waals surface area contributed by atoms with E-state index >= 15 is 0 Å². The Bertz CT molecular complexity index is 567. The summed E-state index contributed by atoms with van der Waals surface area (Å²) >= 11 is 1.60. The molecule has 2 unspecified atom stereocenters. The molecule has 1 heterocycles. The molecular formula is C14H17NO3S. The minimum Gasteiger partial charge on any atom is -0.390 e. The molecule has 2 atom stereocenters. The zero-order valence-corrected chi connectivity index (χ0v) is 11.5. The lowest BCUT2D eigenvalue weighted by molar-refractivity contribution is -0.119. The maximum absolute atomic E-state index is 10.7. The lowest BCUT2D eigenvalue weighted by Gasteiger charge is -2.18. The van der Waals surface area contributed by atoms with Gasteiger partial charge in [-0.2, -0.15) is 0 Å². The predicted octanol–water partition coefficient (Wildman–Crippen LogP) is 1.82. The van der Waals surface area contributed by atoms with Crippen LogP contribution in [-0.4, -0.2) is 28.8 Å². The van der Waals surface area contributed by atoms with Crippen molar-refractivity contribution in [1.29, 1.82) is 0 Å². The van der Waals surface area contributed by atoms with Crippen LogP contribution in [0.4, 0.5) is 0 Å². The van der Waals surface area contributed by atoms with E-state index in [0.717, 1.165) is 10.1 Å². The number of thiophene rings is 1. The molecular weight excluding hydrogens is 262 g/mol. The quantitative estimate of drug-likeness (QED) is 0.782. The van der Waals surface area contributed by atoms with E-state index in [0.29, 0.717) is 18.5 Å². The highest BCUT2D eigenvalue weighted by Gasteiger charge is 2.18. The van der Waals surface area contributed by atoms with Gasteiger partial charge in [0, 0.05) is 18.2 Å². The Hall–Kier alpha value is -1.43. The van der Waals surface area contributed by atoms with Gasteiger partial charge in [-0.25, -0.2) is 0 Å². The Labute approximate surface area is 115 Å². The van der Waals surface area contributed by atoms with Crippen LogP contribution in [0.3, 0.4) is 0 Å². The number of aliphatic hydroxyl groups excluding tert-OH is 2. The van der Waals surface area contributed by atoms with Crippen molar-refractivity contribution in [2.45, 2.75) is 25.6 Å². The first kappa shape index (κ1) is 14.0. The van der Waals surface area contributed by atoms with Gasteiger partial charge in [-0.1, -0.05) is 12.1 Å². The molecule has 102 valence electrons. The average molecular weight is 279 g/mol. The third-order valence-electron chi connectivity index (χ3n) is 3.00. The van der Waals surface area contributed by atoms with Crippen LogP contribution in [0, 0.1) is 0 Å². The molecule has 0 spiro atoms. The summed E-state index contributed by atoms with van der Waals surface area (Å²) < 4.78 is 1.09. The van der Waals surface area contributed by atoms with Gasteiger partial charge in [0.05, 0.1) is 6.10 Å². The van der Waals surface area contributed by atoms with Crippen LogP contribution in [0.1, 0.15) is 25.0 Å². The minimum absolute atomic E-state index is 0.137. The summed E-state index contributed by atoms with van der Waals surface area (Å²) in [6, 6.07) is 7.67. The first-order chi connectivity index (χ1) is 9.08. The van der Waals surface area contributed by atoms with E-state index in [-0.39, 0.29) is 5.91 Å². The molecule has 19 heavy (non-hydrogen) atoms. The van der Waals surface area contributed by atoms with E-state index in [2.05, 4.69) is 5.32 Å². The summed E-state index contributed by atoms with van der Waals surface area (Å²) in [5, 5.41) is 25.7. The van der Waals surface area contributed by atoms with Crippen LogP contribution in [0.2, 0.25) is 0 Å². The molecule has 1 amide bonds. The topological polar surface area (TPSA) is 69.6 Å². The summed E-state index contributed by atoms with van der Waals surface area (Å²) in [4.78, 5) is 10.7. The van der Waals surface area contributed by atoms with E-state index in [1.165, 1.54) is 6.92 Å². The Morgan fingerprint density at radius 1 is 1.37 bits per heavy atom. The summed E-state index contributed by atoms with van der Waals surface area (Å²) in [5.74, 6) is -0.137. The molecule has 1 aromatic heterocycles. The van der Waals surface area contributed by atoms with Crippen molar-refractivity contribution in [1.82, 2.24) is 5.32 Å². The van der Waals surface area contributed by atoms with Crippen molar-refractivity contribution in [2.75, 3.05) is 6.54 Å². The fourth-order valence-corrected chi connectivity index (χ4v) is 2.77. The third-order valence-corrected chi connectivity index (χ3v) is 3.88. The minimum atomic E-state index is -0.930. The molecule has 0 fully saturated rings. The molecule has 0 aliphatic carbocycles. The van der Waals surface area contributed by atoms with Crippen LogP contribution in [0.25, 0.3) is 10.1 Å². The van der Waals surface area contributed by atoms with Crippen LogP contribution < -0.4 is 5.32 Å². The lowest BCUT2D eigenvalue weighted by Crippen LogP contribution is -2.27. The standard InChI is InChI=1S/C14H17NO3S/c1-9(16)15-6-4-12(17)14(18)11-3-2-10-5-7-19-13(10)8-11/h2-3,5,7-8,12,14,17-18H,4,6H2,1H3,(H,15,16). The fraction of sp³-hybridized carbons (Fsp3) is 0.357. The average Bonchev–Trinajstić information content (AvgIpc) is 2.84. The van der Waals surface area contributed by atoms with Crippen molar-refractivity contribution in [2.24, 2.45) is 0 Å². The largest absolute Gasteiger partial charge is 0.390 e. The highest BCUT2D eigenvalue weighted by atomic mass is 32.1. The zero-order chi connectivity index (χ0) is 13.8. The van der Waals surface area contributed by atoms with Crippen molar-refractivity contribution in [3.05, 3.63) is 35.2 Å². The highest BCUT2D eigenvalue weighted by molar-refractivity contribution is 7.17. The number of carbonyl (C=O) groups is 1. The van der Waals surface area contributed by atoms with Gasteiger partial charge in [0.25, 0.3) is 0 Å². The second-order valence-electron chi connectivity index (χ2n) is 4.50. The van der Waals surface area contributed by atoms with E-state index in [4.69, 9.17) is 0 Å². The van der Waals surface area contributed by atoms with Gasteiger partial charge in [-0.05, 0) is 34.9 Å². The van der Waals surface area contributed by atoms with Crippen LogP contribution in [0.15, 0.2) is 29.6 Å². The normalized spacial score (nSPS) is 14.3. The van der Waals surface area contributed by atoms with Crippen molar-refractivity contribution >= 4 is 27.3 Å². The van der Waals surface area contributed by atoms with Gasteiger partial charge in [-0.3, -0.25) is 4.79 Å². The van der Waals surface area contributed by atoms with E-state index in [9.17, 15) is 15.0 Å². The number of rotatable bonds is 5. The maximum atomic E-state index is 10.7. The maximum Gasteiger partial charge on any atom is 0.216 e. The number of amides is 1. The third kappa shape index (κ3) is 3.53. The molecule has 0 bridgehead atoms. The van der Waals surface area contributed by atoms with Gasteiger partial charge in [-0.15, -0.1) is 11.3 Å². The van der Waals surface area contributed by atoms with Gasteiger partial charge in [0.1, 0.15) is 6.10 Å². The first-order valence-electron chi connectivity index (χ1n) is 6.15. The number of hydrogen-bond donors (Lipinski definition) is 3. The molecule has 0 aliphatic rings. The van der Waals surface area contributed by atoms with Crippen molar-refractivity contribution in [3.8, 4) is 0 Å². The second-order valence-corrected chi connectivity index (χ2v) is 5.45. The van der Waals surface area contributed by atoms with Gasteiger partial charge in [0.2, 0.25) is 5.91 Å². The molecule has 5 heteroatoms. The molecule has 4 nitrogen and oxygen atoms in total. The van der Waals surface area contributed by atoms with Crippen LogP contribution >= 0.6 is 11.3 Å². The number of aliphatic hydroxyl groups is 2. The van der Waals surface area contributed by atoms with E-state index < -0.39 is 12.2 Å². The summed E-state index contributed by atoms with van der Waals surface area (Å²) in [5.41, 5.74) is 0.699. The van der Waals surface area contributed by atoms with Crippen LogP contribution in [-0.2, 0) is 4.79 Å². The molecule has 1 aromatic carbocycles. The second kappa shape index (κ2) is 6.14. The fourth-order valence-electron chi connectivity index (χ4n) is 1.93. The van der Waals surface area contributed by atoms with Gasteiger partial charge < -0.3 is 15.5 Å². The number of nitrogens with one attached hydrogen (secondary N) is 1. The molecule has 0 aliphatic heterocycles. The van der Waals surface area contributed by atoms with E-state index in [1.807, 2.05) is 29.6 Å². The lowest BCUT2D eigenvalue weighted by atomic mass is 10.0. The summed E-state index contributed by atoms with van der Waals surface area (Å²) in [6.45, 7) is 1.78. The monoisotopic (exact) mass is 279 g/mol. The number of fused-ring (bicyclic) bond motifs is 1. The van der Waals surface area contributed by atoms with E-state index in [1.54, 1.807) is 11.3 Å². The molecule has 3 N–H and O–H groups in total. The van der Waals surface area contributed by atoms with Crippen molar-refractivity contribution in [3.63, 3.8) is 0 Å². The predicted molar refractivity (Wildman–Crippen MR) is 76.1 cm³/mol. The summed E-state index contributed by atoms with van der Waals surface area (Å²) in [7, 11) is 0.